The van der Waals surface area contributed by atoms with E-state index in [9.17, 15) is 0 Å². The highest BCUT2D eigenvalue weighted by Gasteiger charge is 2.17. The van der Waals surface area contributed by atoms with Crippen LogP contribution in [0.2, 0.25) is 0 Å². The summed E-state index contributed by atoms with van der Waals surface area (Å²) in [5.74, 6) is 0. The van der Waals surface area contributed by atoms with E-state index in [1.807, 2.05) is 0 Å². The van der Waals surface area contributed by atoms with Crippen molar-refractivity contribution in [2.24, 2.45) is 0 Å². The summed E-state index contributed by atoms with van der Waals surface area (Å²) in [6, 6.07) is 8.53. The molecule has 2 heteroatoms. The molecule has 0 unspecified atom stereocenters. The molecule has 1 rings (SSSR count). The van der Waals surface area contributed by atoms with Crippen LogP contribution in [0.4, 0.5) is 0 Å². The number of benzene rings is 1. The molecule has 102 valence electrons. The number of methoxy groups -OCH3 is 1. The zero-order valence-electron chi connectivity index (χ0n) is 12.5. The molecule has 0 saturated heterocycles. The molecule has 0 bridgehead atoms. The Morgan fingerprint density at radius 1 is 1.00 bits per heavy atom. The van der Waals surface area contributed by atoms with Crippen LogP contribution in [-0.2, 0) is 22.5 Å². The van der Waals surface area contributed by atoms with Gasteiger partial charge in [0.05, 0.1) is 17.8 Å². The molecule has 0 saturated carbocycles. The van der Waals surface area contributed by atoms with Gasteiger partial charge < -0.3 is 9.47 Å². The first-order valence-corrected chi connectivity index (χ1v) is 6.49. The predicted molar refractivity (Wildman–Crippen MR) is 75.8 cm³/mol. The van der Waals surface area contributed by atoms with E-state index in [0.717, 1.165) is 6.42 Å². The van der Waals surface area contributed by atoms with Gasteiger partial charge in [0.15, 0.2) is 0 Å². The van der Waals surface area contributed by atoms with Crippen molar-refractivity contribution in [2.75, 3.05) is 7.11 Å². The van der Waals surface area contributed by atoms with Crippen LogP contribution >= 0.6 is 0 Å². The smallest absolute Gasteiger partial charge is 0.0724 e. The van der Waals surface area contributed by atoms with Gasteiger partial charge in [-0.2, -0.15) is 0 Å². The van der Waals surface area contributed by atoms with Crippen molar-refractivity contribution >= 4 is 0 Å². The molecule has 1 aromatic rings. The standard InChI is InChI=1S/C16H26O2/c1-15(2,3)18-12-14-9-7-8-13(10-14)11-16(4,5)17-6/h7-10H,11-12H2,1-6H3. The van der Waals surface area contributed by atoms with Crippen molar-refractivity contribution in [2.45, 2.75) is 58.8 Å². The van der Waals surface area contributed by atoms with Crippen LogP contribution in [-0.4, -0.2) is 18.3 Å². The quantitative estimate of drug-likeness (QED) is 0.787. The second kappa shape index (κ2) is 5.85. The van der Waals surface area contributed by atoms with Crippen molar-refractivity contribution in [3.8, 4) is 0 Å². The van der Waals surface area contributed by atoms with Crippen molar-refractivity contribution in [1.82, 2.24) is 0 Å². The third-order valence-electron chi connectivity index (χ3n) is 2.85. The summed E-state index contributed by atoms with van der Waals surface area (Å²) < 4.78 is 11.3. The van der Waals surface area contributed by atoms with E-state index in [2.05, 4.69) is 58.9 Å². The molecule has 0 spiro atoms. The van der Waals surface area contributed by atoms with E-state index >= 15 is 0 Å². The van der Waals surface area contributed by atoms with E-state index < -0.39 is 0 Å². The van der Waals surface area contributed by atoms with Gasteiger partial charge in [-0.1, -0.05) is 24.3 Å². The Hall–Kier alpha value is -0.860. The molecular weight excluding hydrogens is 224 g/mol. The maximum atomic E-state index is 5.80. The van der Waals surface area contributed by atoms with Crippen molar-refractivity contribution < 1.29 is 9.47 Å². The monoisotopic (exact) mass is 250 g/mol. The summed E-state index contributed by atoms with van der Waals surface area (Å²) in [6.07, 6.45) is 0.910. The van der Waals surface area contributed by atoms with E-state index in [1.54, 1.807) is 7.11 Å². The van der Waals surface area contributed by atoms with Gasteiger partial charge in [0, 0.05) is 13.5 Å². The molecule has 0 amide bonds. The average Bonchev–Trinajstić information content (AvgIpc) is 2.25. The van der Waals surface area contributed by atoms with Crippen LogP contribution in [0.15, 0.2) is 24.3 Å². The Morgan fingerprint density at radius 2 is 1.61 bits per heavy atom. The van der Waals surface area contributed by atoms with Crippen molar-refractivity contribution in [3.05, 3.63) is 35.4 Å². The summed E-state index contributed by atoms with van der Waals surface area (Å²) in [7, 11) is 1.76. The first-order chi connectivity index (χ1) is 8.22. The molecule has 0 N–H and O–H groups in total. The van der Waals surface area contributed by atoms with Crippen LogP contribution in [0.5, 0.6) is 0 Å². The third kappa shape index (κ3) is 5.65. The molecule has 0 aliphatic rings. The van der Waals surface area contributed by atoms with Crippen LogP contribution < -0.4 is 0 Å². The van der Waals surface area contributed by atoms with Crippen molar-refractivity contribution in [1.29, 1.82) is 0 Å². The van der Waals surface area contributed by atoms with Gasteiger partial charge in [-0.3, -0.25) is 0 Å². The minimum absolute atomic E-state index is 0.0954. The van der Waals surface area contributed by atoms with Gasteiger partial charge in [-0.05, 0) is 45.7 Å². The van der Waals surface area contributed by atoms with Gasteiger partial charge in [0.25, 0.3) is 0 Å². The Kier molecular flexibility index (Phi) is 4.94. The lowest BCUT2D eigenvalue weighted by Crippen LogP contribution is -2.25. The molecule has 18 heavy (non-hydrogen) atoms. The molecule has 1 aromatic carbocycles. The minimum atomic E-state index is -0.122. The van der Waals surface area contributed by atoms with Crippen LogP contribution in [0.25, 0.3) is 0 Å². The van der Waals surface area contributed by atoms with Crippen LogP contribution in [0, 0.1) is 0 Å². The summed E-state index contributed by atoms with van der Waals surface area (Å²) in [5.41, 5.74) is 2.29. The normalized spacial score (nSPS) is 12.8. The van der Waals surface area contributed by atoms with E-state index in [1.165, 1.54) is 11.1 Å². The molecular formula is C16H26O2. The number of ether oxygens (including phenoxy) is 2. The highest BCUT2D eigenvalue weighted by Crippen LogP contribution is 2.18. The third-order valence-corrected chi connectivity index (χ3v) is 2.85. The summed E-state index contributed by atoms with van der Waals surface area (Å²) in [5, 5.41) is 0. The fraction of sp³-hybridized carbons (Fsp3) is 0.625. The van der Waals surface area contributed by atoms with Crippen LogP contribution in [0.1, 0.15) is 45.7 Å². The van der Waals surface area contributed by atoms with E-state index in [0.29, 0.717) is 6.61 Å². The lowest BCUT2D eigenvalue weighted by molar-refractivity contribution is -0.0150. The minimum Gasteiger partial charge on any atom is -0.378 e. The SMILES string of the molecule is COC(C)(C)Cc1cccc(COC(C)(C)C)c1. The first-order valence-electron chi connectivity index (χ1n) is 6.49. The highest BCUT2D eigenvalue weighted by molar-refractivity contribution is 5.24. The summed E-state index contributed by atoms with van der Waals surface area (Å²) in [4.78, 5) is 0. The molecule has 0 radical (unpaired) electrons. The van der Waals surface area contributed by atoms with E-state index in [4.69, 9.17) is 9.47 Å². The molecule has 0 aliphatic carbocycles. The molecule has 0 aromatic heterocycles. The van der Waals surface area contributed by atoms with Gasteiger partial charge >= 0.3 is 0 Å². The lowest BCUT2D eigenvalue weighted by atomic mass is 9.97. The summed E-state index contributed by atoms with van der Waals surface area (Å²) in [6.45, 7) is 11.1. The predicted octanol–water partition coefficient (Wildman–Crippen LogP) is 3.97. The second-order valence-electron chi connectivity index (χ2n) is 6.36. The van der Waals surface area contributed by atoms with Gasteiger partial charge in [0.2, 0.25) is 0 Å². The number of hydrogen-bond acceptors (Lipinski definition) is 2. The Morgan fingerprint density at radius 3 is 2.17 bits per heavy atom. The zero-order valence-corrected chi connectivity index (χ0v) is 12.5. The molecule has 0 fully saturated rings. The van der Waals surface area contributed by atoms with E-state index in [-0.39, 0.29) is 11.2 Å². The molecule has 0 heterocycles. The average molecular weight is 250 g/mol. The molecule has 0 atom stereocenters. The lowest BCUT2D eigenvalue weighted by Gasteiger charge is -2.23. The Balaban J connectivity index is 2.68. The van der Waals surface area contributed by atoms with Crippen molar-refractivity contribution in [3.63, 3.8) is 0 Å². The first kappa shape index (κ1) is 15.2. The zero-order chi connectivity index (χ0) is 13.8. The molecule has 0 aliphatic heterocycles. The Labute approximate surface area is 111 Å². The number of rotatable bonds is 5. The topological polar surface area (TPSA) is 18.5 Å². The fourth-order valence-corrected chi connectivity index (χ4v) is 1.69. The van der Waals surface area contributed by atoms with Gasteiger partial charge in [-0.15, -0.1) is 0 Å². The largest absolute Gasteiger partial charge is 0.378 e. The second-order valence-corrected chi connectivity index (χ2v) is 6.36. The van der Waals surface area contributed by atoms with Crippen LogP contribution in [0.3, 0.4) is 0 Å². The Bertz CT molecular complexity index is 375. The molecule has 2 nitrogen and oxygen atoms in total. The highest BCUT2D eigenvalue weighted by atomic mass is 16.5. The maximum absolute atomic E-state index is 5.80. The maximum Gasteiger partial charge on any atom is 0.0724 e. The van der Waals surface area contributed by atoms with Gasteiger partial charge in [-0.25, -0.2) is 0 Å². The summed E-state index contributed by atoms with van der Waals surface area (Å²) >= 11 is 0. The number of hydrogen-bond donors (Lipinski definition) is 0. The van der Waals surface area contributed by atoms with Gasteiger partial charge in [0.1, 0.15) is 0 Å². The fourth-order valence-electron chi connectivity index (χ4n) is 1.69.